The van der Waals surface area contributed by atoms with Crippen LogP contribution in [-0.4, -0.2) is 51.9 Å². The van der Waals surface area contributed by atoms with E-state index in [9.17, 15) is 0 Å². The first-order valence-electron chi connectivity index (χ1n) is 3.85. The van der Waals surface area contributed by atoms with E-state index in [1.165, 1.54) is 35.5 Å². The van der Waals surface area contributed by atoms with Gasteiger partial charge >= 0.3 is 16.4 Å². The standard InChI is InChI=1S/C7H16O5Si2/c1-7-13(8-2,9-3)14(10-4,11-5)12-6/h1H,2-6H3. The zero-order valence-corrected chi connectivity index (χ0v) is 11.1. The molecule has 82 valence electrons. The molecule has 14 heavy (non-hydrogen) atoms. The number of terminal acetylenes is 1. The van der Waals surface area contributed by atoms with Crippen LogP contribution >= 0.6 is 0 Å². The number of hydrogen-bond acceptors (Lipinski definition) is 5. The van der Waals surface area contributed by atoms with Gasteiger partial charge in [0.25, 0.3) is 0 Å². The Morgan fingerprint density at radius 3 is 1.21 bits per heavy atom. The molecule has 0 N–H and O–H groups in total. The molecule has 0 saturated heterocycles. The Morgan fingerprint density at radius 2 is 1.14 bits per heavy atom. The van der Waals surface area contributed by atoms with Crippen LogP contribution in [0, 0.1) is 12.0 Å². The molecule has 0 saturated carbocycles. The SMILES string of the molecule is C#C[Si](OC)(OC)[Si](OC)(OC)OC. The average Bonchev–Trinajstić information content (AvgIpc) is 2.27. The van der Waals surface area contributed by atoms with Gasteiger partial charge in [0, 0.05) is 35.5 Å². The molecule has 0 aliphatic rings. The molecular formula is C7H16O5Si2. The van der Waals surface area contributed by atoms with E-state index < -0.39 is 16.4 Å². The molecule has 0 aromatic rings. The predicted molar refractivity (Wildman–Crippen MR) is 55.4 cm³/mol. The fourth-order valence-electron chi connectivity index (χ4n) is 1.19. The molecule has 0 radical (unpaired) electrons. The second-order valence-electron chi connectivity index (χ2n) is 2.34. The minimum Gasteiger partial charge on any atom is -0.386 e. The zero-order chi connectivity index (χ0) is 11.2. The minimum absolute atomic E-state index is 1.47. The summed E-state index contributed by atoms with van der Waals surface area (Å²) in [4.78, 5) is 0. The van der Waals surface area contributed by atoms with Crippen molar-refractivity contribution in [2.75, 3.05) is 35.5 Å². The van der Waals surface area contributed by atoms with Gasteiger partial charge in [-0.1, -0.05) is 5.54 Å². The Bertz CT molecular complexity index is 198. The van der Waals surface area contributed by atoms with Crippen molar-refractivity contribution in [3.63, 3.8) is 0 Å². The van der Waals surface area contributed by atoms with E-state index in [1.54, 1.807) is 0 Å². The Balaban J connectivity index is 5.22. The van der Waals surface area contributed by atoms with Crippen LogP contribution in [0.5, 0.6) is 0 Å². The third-order valence-electron chi connectivity index (χ3n) is 1.97. The maximum Gasteiger partial charge on any atom is 0.555 e. The molecule has 0 aromatic carbocycles. The molecule has 0 aromatic heterocycles. The summed E-state index contributed by atoms with van der Waals surface area (Å²) in [5.41, 5.74) is 2.49. The fourth-order valence-corrected chi connectivity index (χ4v) is 8.03. The van der Waals surface area contributed by atoms with Gasteiger partial charge in [-0.3, -0.25) is 0 Å². The van der Waals surface area contributed by atoms with Gasteiger partial charge < -0.3 is 22.1 Å². The molecule has 7 heteroatoms. The molecule has 0 fully saturated rings. The Morgan fingerprint density at radius 1 is 0.786 bits per heavy atom. The Labute approximate surface area is 86.7 Å². The molecule has 0 aliphatic heterocycles. The average molecular weight is 236 g/mol. The van der Waals surface area contributed by atoms with E-state index in [0.717, 1.165) is 0 Å². The maximum atomic E-state index is 5.40. The van der Waals surface area contributed by atoms with Crippen LogP contribution in [0.2, 0.25) is 0 Å². The molecule has 0 heterocycles. The van der Waals surface area contributed by atoms with Crippen molar-refractivity contribution in [2.24, 2.45) is 0 Å². The first-order chi connectivity index (χ1) is 6.61. The number of hydrogen-bond donors (Lipinski definition) is 0. The van der Waals surface area contributed by atoms with Crippen LogP contribution in [0.3, 0.4) is 0 Å². The smallest absolute Gasteiger partial charge is 0.386 e. The lowest BCUT2D eigenvalue weighted by Crippen LogP contribution is -2.70. The molecule has 0 bridgehead atoms. The number of rotatable bonds is 6. The first kappa shape index (κ1) is 13.8. The fraction of sp³-hybridized carbons (Fsp3) is 0.714. The molecule has 0 unspecified atom stereocenters. The van der Waals surface area contributed by atoms with Gasteiger partial charge in [0.15, 0.2) is 0 Å². The third-order valence-corrected chi connectivity index (χ3v) is 11.8. The Kier molecular flexibility index (Phi) is 5.54. The monoisotopic (exact) mass is 236 g/mol. The summed E-state index contributed by atoms with van der Waals surface area (Å²) in [7, 11) is 1.30. The Hall–Kier alpha value is -0.206. The van der Waals surface area contributed by atoms with Crippen LogP contribution < -0.4 is 0 Å². The van der Waals surface area contributed by atoms with Crippen LogP contribution in [0.4, 0.5) is 0 Å². The lowest BCUT2D eigenvalue weighted by Gasteiger charge is -2.34. The predicted octanol–water partition coefficient (Wildman–Crippen LogP) is -0.150. The van der Waals surface area contributed by atoms with E-state index in [4.69, 9.17) is 28.6 Å². The highest BCUT2D eigenvalue weighted by atomic mass is 29.3. The van der Waals surface area contributed by atoms with Gasteiger partial charge in [-0.15, -0.1) is 6.42 Å². The normalized spacial score (nSPS) is 12.6. The zero-order valence-electron chi connectivity index (χ0n) is 9.12. The lowest BCUT2D eigenvalue weighted by molar-refractivity contribution is 0.120. The van der Waals surface area contributed by atoms with Gasteiger partial charge in [-0.05, 0) is 0 Å². The molecule has 0 aliphatic carbocycles. The van der Waals surface area contributed by atoms with Crippen LogP contribution in [0.1, 0.15) is 0 Å². The highest BCUT2D eigenvalue weighted by molar-refractivity contribution is 7.32. The highest BCUT2D eigenvalue weighted by Crippen LogP contribution is 2.21. The van der Waals surface area contributed by atoms with Crippen molar-refractivity contribution in [3.05, 3.63) is 0 Å². The van der Waals surface area contributed by atoms with Crippen LogP contribution in [0.15, 0.2) is 0 Å². The largest absolute Gasteiger partial charge is 0.555 e. The summed E-state index contributed by atoms with van der Waals surface area (Å²) < 4.78 is 26.2. The van der Waals surface area contributed by atoms with Crippen LogP contribution in [0.25, 0.3) is 0 Å². The van der Waals surface area contributed by atoms with E-state index in [0.29, 0.717) is 0 Å². The third kappa shape index (κ3) is 1.91. The van der Waals surface area contributed by atoms with Gasteiger partial charge in [-0.2, -0.15) is 0 Å². The quantitative estimate of drug-likeness (QED) is 0.474. The topological polar surface area (TPSA) is 46.2 Å². The summed E-state index contributed by atoms with van der Waals surface area (Å²) in [6.45, 7) is 0. The van der Waals surface area contributed by atoms with Crippen molar-refractivity contribution in [2.45, 2.75) is 0 Å². The molecule has 5 nitrogen and oxygen atoms in total. The van der Waals surface area contributed by atoms with E-state index in [2.05, 4.69) is 5.54 Å². The molecule has 0 spiro atoms. The van der Waals surface area contributed by atoms with Crippen molar-refractivity contribution < 1.29 is 22.1 Å². The molecule has 0 atom stereocenters. The van der Waals surface area contributed by atoms with Crippen molar-refractivity contribution >= 4 is 16.4 Å². The summed E-state index contributed by atoms with van der Waals surface area (Å²) in [6.07, 6.45) is 5.40. The second kappa shape index (κ2) is 5.62. The highest BCUT2D eigenvalue weighted by Gasteiger charge is 2.67. The summed E-state index contributed by atoms with van der Waals surface area (Å²) in [5.74, 6) is 0. The first-order valence-corrected chi connectivity index (χ1v) is 8.39. The lowest BCUT2D eigenvalue weighted by atomic mass is 11.4. The van der Waals surface area contributed by atoms with Gasteiger partial charge in [0.1, 0.15) is 0 Å². The molecule has 0 amide bonds. The minimum atomic E-state index is -3.04. The van der Waals surface area contributed by atoms with Crippen LogP contribution in [-0.2, 0) is 22.1 Å². The van der Waals surface area contributed by atoms with Crippen molar-refractivity contribution in [1.29, 1.82) is 0 Å². The van der Waals surface area contributed by atoms with E-state index in [-0.39, 0.29) is 0 Å². The molecule has 0 rings (SSSR count). The second-order valence-corrected chi connectivity index (χ2v) is 10.8. The summed E-state index contributed by atoms with van der Waals surface area (Å²) in [5, 5.41) is 0. The van der Waals surface area contributed by atoms with Gasteiger partial charge in [0.05, 0.1) is 0 Å². The van der Waals surface area contributed by atoms with E-state index in [1.807, 2.05) is 0 Å². The van der Waals surface area contributed by atoms with Crippen molar-refractivity contribution in [1.82, 2.24) is 0 Å². The molecular weight excluding hydrogens is 220 g/mol. The van der Waals surface area contributed by atoms with Crippen molar-refractivity contribution in [3.8, 4) is 12.0 Å². The van der Waals surface area contributed by atoms with E-state index >= 15 is 0 Å². The maximum absolute atomic E-state index is 5.40. The summed E-state index contributed by atoms with van der Waals surface area (Å²) >= 11 is 0. The van der Waals surface area contributed by atoms with Gasteiger partial charge in [-0.25, -0.2) is 0 Å². The summed E-state index contributed by atoms with van der Waals surface area (Å²) in [6, 6.07) is 0. The van der Waals surface area contributed by atoms with Gasteiger partial charge in [0.2, 0.25) is 0 Å².